The number of hydrogen-bond acceptors (Lipinski definition) is 3. The van der Waals surface area contributed by atoms with Crippen molar-refractivity contribution in [3.05, 3.63) is 11.6 Å². The monoisotopic (exact) mass is 458 g/mol. The van der Waals surface area contributed by atoms with Crippen LogP contribution in [0.1, 0.15) is 99.8 Å². The molecule has 5 rings (SSSR count). The highest BCUT2D eigenvalue weighted by Crippen LogP contribution is 2.75. The minimum absolute atomic E-state index is 0.0525. The third kappa shape index (κ3) is 2.85. The topological polar surface area (TPSA) is 60.7 Å². The average molecular weight is 459 g/mol. The average Bonchev–Trinajstić information content (AvgIpc) is 2.76. The summed E-state index contributed by atoms with van der Waals surface area (Å²) in [6.45, 7) is 17.1. The zero-order valence-corrected chi connectivity index (χ0v) is 22.3. The Balaban J connectivity index is 1.60. The van der Waals surface area contributed by atoms with Crippen LogP contribution in [0.25, 0.3) is 0 Å². The summed E-state index contributed by atoms with van der Waals surface area (Å²) in [5.74, 6) is 2.96. The summed E-state index contributed by atoms with van der Waals surface area (Å²) < 4.78 is 0. The molecular formula is C30H50O3. The molecule has 33 heavy (non-hydrogen) atoms. The SMILES string of the molecule is C[C@H]1[C@H](C)CC[C@]2(C)CC[C@]3(C)C(=CC[C@@H]4[C@@]5(C)CC(O)C(O)C(C)(CO)C5CC[C@]43C)[C@H]12. The highest BCUT2D eigenvalue weighted by atomic mass is 16.3. The molecule has 12 atom stereocenters. The third-order valence-electron chi connectivity index (χ3n) is 13.5. The lowest BCUT2D eigenvalue weighted by Gasteiger charge is -2.72. The van der Waals surface area contributed by atoms with E-state index in [1.807, 2.05) is 6.92 Å². The van der Waals surface area contributed by atoms with Crippen LogP contribution in [0.4, 0.5) is 0 Å². The second-order valence-corrected chi connectivity index (χ2v) is 14.7. The van der Waals surface area contributed by atoms with Crippen molar-refractivity contribution < 1.29 is 15.3 Å². The molecule has 0 aromatic rings. The van der Waals surface area contributed by atoms with Gasteiger partial charge in [-0.1, -0.05) is 60.1 Å². The molecule has 5 aliphatic rings. The minimum atomic E-state index is -0.838. The van der Waals surface area contributed by atoms with Crippen molar-refractivity contribution in [3.8, 4) is 0 Å². The van der Waals surface area contributed by atoms with E-state index in [4.69, 9.17) is 0 Å². The quantitative estimate of drug-likeness (QED) is 0.424. The van der Waals surface area contributed by atoms with Crippen LogP contribution in [0, 0.1) is 56.7 Å². The molecule has 0 spiro atoms. The Bertz CT molecular complexity index is 836. The molecule has 0 saturated heterocycles. The summed E-state index contributed by atoms with van der Waals surface area (Å²) in [5, 5.41) is 32.4. The molecule has 188 valence electrons. The molecule has 0 heterocycles. The summed E-state index contributed by atoms with van der Waals surface area (Å²) in [6, 6.07) is 0. The first-order chi connectivity index (χ1) is 15.3. The first-order valence-corrected chi connectivity index (χ1v) is 14.0. The van der Waals surface area contributed by atoms with Gasteiger partial charge in [-0.3, -0.25) is 0 Å². The lowest BCUT2D eigenvalue weighted by Crippen LogP contribution is -2.68. The minimum Gasteiger partial charge on any atom is -0.396 e. The lowest BCUT2D eigenvalue weighted by molar-refractivity contribution is -0.243. The zero-order valence-electron chi connectivity index (χ0n) is 22.3. The fourth-order valence-electron chi connectivity index (χ4n) is 11.0. The van der Waals surface area contributed by atoms with Gasteiger partial charge in [0, 0.05) is 5.41 Å². The van der Waals surface area contributed by atoms with E-state index in [1.54, 1.807) is 5.57 Å². The Hall–Kier alpha value is -0.380. The maximum absolute atomic E-state index is 11.0. The number of fused-ring (bicyclic) bond motifs is 7. The Labute approximate surface area is 202 Å². The molecule has 5 aliphatic carbocycles. The van der Waals surface area contributed by atoms with E-state index in [-0.39, 0.29) is 28.8 Å². The third-order valence-corrected chi connectivity index (χ3v) is 13.5. The van der Waals surface area contributed by atoms with Crippen LogP contribution in [0.15, 0.2) is 11.6 Å². The molecule has 4 fully saturated rings. The zero-order chi connectivity index (χ0) is 24.2. The van der Waals surface area contributed by atoms with E-state index in [0.29, 0.717) is 23.7 Å². The Morgan fingerprint density at radius 2 is 1.61 bits per heavy atom. The van der Waals surface area contributed by atoms with Crippen molar-refractivity contribution in [2.45, 2.75) is 112 Å². The Morgan fingerprint density at radius 1 is 0.909 bits per heavy atom. The van der Waals surface area contributed by atoms with Gasteiger partial charge in [-0.15, -0.1) is 0 Å². The molecular weight excluding hydrogens is 408 g/mol. The van der Waals surface area contributed by atoms with Crippen LogP contribution in [0.2, 0.25) is 0 Å². The highest BCUT2D eigenvalue weighted by molar-refractivity contribution is 5.34. The van der Waals surface area contributed by atoms with Crippen molar-refractivity contribution in [1.29, 1.82) is 0 Å². The van der Waals surface area contributed by atoms with E-state index in [9.17, 15) is 15.3 Å². The van der Waals surface area contributed by atoms with E-state index in [2.05, 4.69) is 47.6 Å². The van der Waals surface area contributed by atoms with E-state index >= 15 is 0 Å². The molecule has 4 saturated carbocycles. The molecule has 0 aromatic carbocycles. The first kappa shape index (κ1) is 24.3. The number of rotatable bonds is 1. The van der Waals surface area contributed by atoms with Gasteiger partial charge < -0.3 is 15.3 Å². The van der Waals surface area contributed by atoms with Crippen molar-refractivity contribution in [2.75, 3.05) is 6.61 Å². The molecule has 0 bridgehead atoms. The summed E-state index contributed by atoms with van der Waals surface area (Å²) in [6.07, 6.45) is 10.4. The summed E-state index contributed by atoms with van der Waals surface area (Å²) in [5.41, 5.74) is 1.93. The number of aliphatic hydroxyl groups excluding tert-OH is 3. The van der Waals surface area contributed by atoms with Crippen LogP contribution < -0.4 is 0 Å². The van der Waals surface area contributed by atoms with Gasteiger partial charge in [-0.2, -0.15) is 0 Å². The van der Waals surface area contributed by atoms with E-state index in [1.165, 1.54) is 25.7 Å². The van der Waals surface area contributed by atoms with Gasteiger partial charge in [0.2, 0.25) is 0 Å². The molecule has 0 aliphatic heterocycles. The van der Waals surface area contributed by atoms with Crippen LogP contribution in [0.5, 0.6) is 0 Å². The van der Waals surface area contributed by atoms with Crippen LogP contribution in [-0.4, -0.2) is 34.1 Å². The van der Waals surface area contributed by atoms with Crippen molar-refractivity contribution in [1.82, 2.24) is 0 Å². The number of hydrogen-bond donors (Lipinski definition) is 3. The van der Waals surface area contributed by atoms with Gasteiger partial charge in [-0.25, -0.2) is 0 Å². The fourth-order valence-corrected chi connectivity index (χ4v) is 11.0. The van der Waals surface area contributed by atoms with Crippen LogP contribution >= 0.6 is 0 Å². The van der Waals surface area contributed by atoms with Gasteiger partial charge in [-0.05, 0) is 103 Å². The molecule has 0 radical (unpaired) electrons. The fraction of sp³-hybridized carbons (Fsp3) is 0.933. The lowest BCUT2D eigenvalue weighted by atomic mass is 9.33. The normalized spacial score (nSPS) is 60.7. The maximum atomic E-state index is 11.0. The van der Waals surface area contributed by atoms with Crippen molar-refractivity contribution >= 4 is 0 Å². The Morgan fingerprint density at radius 3 is 2.27 bits per heavy atom. The molecule has 3 heteroatoms. The van der Waals surface area contributed by atoms with E-state index < -0.39 is 17.6 Å². The molecule has 3 N–H and O–H groups in total. The molecule has 3 nitrogen and oxygen atoms in total. The molecule has 0 aromatic heterocycles. The largest absolute Gasteiger partial charge is 0.396 e. The van der Waals surface area contributed by atoms with Crippen molar-refractivity contribution in [3.63, 3.8) is 0 Å². The predicted molar refractivity (Wildman–Crippen MR) is 133 cm³/mol. The maximum Gasteiger partial charge on any atom is 0.0877 e. The summed E-state index contributed by atoms with van der Waals surface area (Å²) >= 11 is 0. The summed E-state index contributed by atoms with van der Waals surface area (Å²) in [4.78, 5) is 0. The number of allylic oxidation sites excluding steroid dienone is 2. The second kappa shape index (κ2) is 7.32. The Kier molecular flexibility index (Phi) is 5.40. The smallest absolute Gasteiger partial charge is 0.0877 e. The van der Waals surface area contributed by atoms with Gasteiger partial charge >= 0.3 is 0 Å². The van der Waals surface area contributed by atoms with E-state index in [0.717, 1.165) is 31.1 Å². The predicted octanol–water partition coefficient (Wildman–Crippen LogP) is 5.97. The van der Waals surface area contributed by atoms with Crippen LogP contribution in [-0.2, 0) is 0 Å². The second-order valence-electron chi connectivity index (χ2n) is 14.7. The standard InChI is InChI=1S/C30H50O3/c1-18-10-12-26(3)14-15-29(6)20(24(26)19(18)2)8-9-23-27(4)16-21(32)25(33)28(5,17-31)22(27)11-13-30(23,29)7/h8,18-19,21-25,31-33H,9-17H2,1-7H3/t18-,19+,21?,22?,23-,24+,25?,26-,27+,28?,29-,30-/m1/s1. The van der Waals surface area contributed by atoms with Gasteiger partial charge in [0.15, 0.2) is 0 Å². The first-order valence-electron chi connectivity index (χ1n) is 14.0. The van der Waals surface area contributed by atoms with Gasteiger partial charge in [0.1, 0.15) is 0 Å². The van der Waals surface area contributed by atoms with Gasteiger partial charge in [0.25, 0.3) is 0 Å². The number of aliphatic hydroxyl groups is 3. The van der Waals surface area contributed by atoms with Gasteiger partial charge in [0.05, 0.1) is 18.8 Å². The van der Waals surface area contributed by atoms with Crippen molar-refractivity contribution in [2.24, 2.45) is 56.7 Å². The van der Waals surface area contributed by atoms with Crippen LogP contribution in [0.3, 0.4) is 0 Å². The summed E-state index contributed by atoms with van der Waals surface area (Å²) in [7, 11) is 0. The molecule has 4 unspecified atom stereocenters. The highest BCUT2D eigenvalue weighted by Gasteiger charge is 2.69. The molecule has 0 amide bonds.